The lowest BCUT2D eigenvalue weighted by molar-refractivity contribution is 0.210. The summed E-state index contributed by atoms with van der Waals surface area (Å²) in [6.45, 7) is 0.767. The van der Waals surface area contributed by atoms with Crippen LogP contribution in [0.1, 0.15) is 31.2 Å². The Morgan fingerprint density at radius 2 is 1.81 bits per heavy atom. The fourth-order valence-corrected chi connectivity index (χ4v) is 2.91. The van der Waals surface area contributed by atoms with Crippen molar-refractivity contribution in [2.24, 2.45) is 0 Å². The van der Waals surface area contributed by atoms with Gasteiger partial charge in [-0.15, -0.1) is 0 Å². The number of nitrogens with one attached hydrogen (secondary N) is 1. The summed E-state index contributed by atoms with van der Waals surface area (Å²) in [6.07, 6.45) is 5.38. The largest absolute Gasteiger partial charge is 0.490 e. The molecule has 1 saturated carbocycles. The number of anilines is 1. The van der Waals surface area contributed by atoms with Gasteiger partial charge in [0, 0.05) is 17.3 Å². The standard InChI is InChI=1S/C18H20ClNO/c19-15-5-3-4-14(12-15)13-20-16-8-10-18(11-9-16)21-17-6-1-2-7-17/h3-5,8-12,17,20H,1-2,6-7,13H2. The Morgan fingerprint density at radius 3 is 2.52 bits per heavy atom. The summed E-state index contributed by atoms with van der Waals surface area (Å²) in [5, 5.41) is 4.17. The molecule has 1 fully saturated rings. The minimum absolute atomic E-state index is 0.412. The van der Waals surface area contributed by atoms with Crippen LogP contribution in [0.3, 0.4) is 0 Å². The van der Waals surface area contributed by atoms with Crippen LogP contribution in [0.15, 0.2) is 48.5 Å². The molecule has 0 unspecified atom stereocenters. The molecule has 0 aromatic heterocycles. The average Bonchev–Trinajstić information content (AvgIpc) is 3.00. The summed E-state index contributed by atoms with van der Waals surface area (Å²) in [7, 11) is 0. The lowest BCUT2D eigenvalue weighted by Gasteiger charge is -2.13. The Kier molecular flexibility index (Phi) is 4.66. The van der Waals surface area contributed by atoms with E-state index < -0.39 is 0 Å². The van der Waals surface area contributed by atoms with Gasteiger partial charge in [0.15, 0.2) is 0 Å². The predicted molar refractivity (Wildman–Crippen MR) is 88.1 cm³/mol. The molecule has 1 aliphatic carbocycles. The number of hydrogen-bond acceptors (Lipinski definition) is 2. The third kappa shape index (κ3) is 4.15. The summed E-state index contributed by atoms with van der Waals surface area (Å²) in [4.78, 5) is 0. The van der Waals surface area contributed by atoms with Crippen molar-refractivity contribution in [1.82, 2.24) is 0 Å². The maximum Gasteiger partial charge on any atom is 0.119 e. The van der Waals surface area contributed by atoms with E-state index in [0.29, 0.717) is 6.10 Å². The van der Waals surface area contributed by atoms with E-state index in [1.165, 1.54) is 31.2 Å². The summed E-state index contributed by atoms with van der Waals surface area (Å²) in [6, 6.07) is 16.1. The third-order valence-corrected chi connectivity index (χ3v) is 4.08. The minimum atomic E-state index is 0.412. The van der Waals surface area contributed by atoms with Crippen molar-refractivity contribution in [3.63, 3.8) is 0 Å². The highest BCUT2D eigenvalue weighted by molar-refractivity contribution is 6.30. The molecule has 0 heterocycles. The van der Waals surface area contributed by atoms with E-state index in [9.17, 15) is 0 Å². The SMILES string of the molecule is Clc1cccc(CNc2ccc(OC3CCCC3)cc2)c1. The van der Waals surface area contributed by atoms with Gasteiger partial charge in [-0.3, -0.25) is 0 Å². The molecule has 3 heteroatoms. The normalized spacial score (nSPS) is 15.1. The van der Waals surface area contributed by atoms with Crippen molar-refractivity contribution < 1.29 is 4.74 Å². The van der Waals surface area contributed by atoms with E-state index in [2.05, 4.69) is 23.5 Å². The lowest BCUT2D eigenvalue weighted by atomic mass is 10.2. The predicted octanol–water partition coefficient (Wildman–Crippen LogP) is 5.27. The van der Waals surface area contributed by atoms with E-state index in [0.717, 1.165) is 23.0 Å². The van der Waals surface area contributed by atoms with Gasteiger partial charge in [0.25, 0.3) is 0 Å². The topological polar surface area (TPSA) is 21.3 Å². The van der Waals surface area contributed by atoms with Crippen molar-refractivity contribution >= 4 is 17.3 Å². The molecule has 0 bridgehead atoms. The maximum absolute atomic E-state index is 5.98. The number of halogens is 1. The fraction of sp³-hybridized carbons (Fsp3) is 0.333. The van der Waals surface area contributed by atoms with Gasteiger partial charge < -0.3 is 10.1 Å². The zero-order chi connectivity index (χ0) is 14.5. The van der Waals surface area contributed by atoms with Gasteiger partial charge in [-0.2, -0.15) is 0 Å². The Bertz CT molecular complexity index is 576. The molecule has 0 saturated heterocycles. The Labute approximate surface area is 131 Å². The van der Waals surface area contributed by atoms with Crippen LogP contribution in [0.5, 0.6) is 5.75 Å². The second kappa shape index (κ2) is 6.86. The van der Waals surface area contributed by atoms with E-state index in [4.69, 9.17) is 16.3 Å². The minimum Gasteiger partial charge on any atom is -0.490 e. The zero-order valence-corrected chi connectivity index (χ0v) is 12.8. The van der Waals surface area contributed by atoms with Gasteiger partial charge in [0.2, 0.25) is 0 Å². The summed E-state index contributed by atoms with van der Waals surface area (Å²) in [5.74, 6) is 0.968. The molecule has 3 rings (SSSR count). The van der Waals surface area contributed by atoms with Gasteiger partial charge in [0.05, 0.1) is 6.10 Å². The van der Waals surface area contributed by atoms with Crippen LogP contribution in [0.25, 0.3) is 0 Å². The molecule has 0 spiro atoms. The number of hydrogen-bond donors (Lipinski definition) is 1. The molecule has 0 radical (unpaired) electrons. The highest BCUT2D eigenvalue weighted by atomic mass is 35.5. The van der Waals surface area contributed by atoms with Crippen molar-refractivity contribution in [2.75, 3.05) is 5.32 Å². The Balaban J connectivity index is 1.54. The van der Waals surface area contributed by atoms with Crippen LogP contribution in [0.2, 0.25) is 5.02 Å². The van der Waals surface area contributed by atoms with Crippen molar-refractivity contribution in [3.05, 3.63) is 59.1 Å². The quantitative estimate of drug-likeness (QED) is 0.812. The van der Waals surface area contributed by atoms with Crippen molar-refractivity contribution in [2.45, 2.75) is 38.3 Å². The van der Waals surface area contributed by atoms with Gasteiger partial charge in [-0.1, -0.05) is 23.7 Å². The van der Waals surface area contributed by atoms with Crippen LogP contribution >= 0.6 is 11.6 Å². The highest BCUT2D eigenvalue weighted by Gasteiger charge is 2.16. The van der Waals surface area contributed by atoms with E-state index >= 15 is 0 Å². The molecular formula is C18H20ClNO. The second-order valence-electron chi connectivity index (χ2n) is 5.53. The smallest absolute Gasteiger partial charge is 0.119 e. The monoisotopic (exact) mass is 301 g/mol. The first-order valence-corrected chi connectivity index (χ1v) is 7.92. The first kappa shape index (κ1) is 14.3. The van der Waals surface area contributed by atoms with Crippen LogP contribution in [-0.4, -0.2) is 6.10 Å². The van der Waals surface area contributed by atoms with Crippen LogP contribution < -0.4 is 10.1 Å². The number of rotatable bonds is 5. The molecule has 2 aromatic rings. The van der Waals surface area contributed by atoms with Gasteiger partial charge in [0.1, 0.15) is 5.75 Å². The van der Waals surface area contributed by atoms with Crippen molar-refractivity contribution in [3.8, 4) is 5.75 Å². The van der Waals surface area contributed by atoms with Gasteiger partial charge in [-0.25, -0.2) is 0 Å². The molecule has 110 valence electrons. The Morgan fingerprint density at radius 1 is 1.05 bits per heavy atom. The number of ether oxygens (including phenoxy) is 1. The molecule has 0 atom stereocenters. The fourth-order valence-electron chi connectivity index (χ4n) is 2.70. The third-order valence-electron chi connectivity index (χ3n) is 3.84. The molecule has 21 heavy (non-hydrogen) atoms. The van der Waals surface area contributed by atoms with Crippen LogP contribution in [-0.2, 0) is 6.54 Å². The maximum atomic E-state index is 5.98. The molecule has 1 N–H and O–H groups in total. The lowest BCUT2D eigenvalue weighted by Crippen LogP contribution is -2.10. The average molecular weight is 302 g/mol. The summed E-state index contributed by atoms with van der Waals surface area (Å²) >= 11 is 5.98. The molecule has 2 nitrogen and oxygen atoms in total. The molecule has 2 aromatic carbocycles. The van der Waals surface area contributed by atoms with E-state index in [-0.39, 0.29) is 0 Å². The zero-order valence-electron chi connectivity index (χ0n) is 12.0. The molecule has 0 aliphatic heterocycles. The van der Waals surface area contributed by atoms with Gasteiger partial charge >= 0.3 is 0 Å². The number of benzene rings is 2. The highest BCUT2D eigenvalue weighted by Crippen LogP contribution is 2.25. The van der Waals surface area contributed by atoms with E-state index in [1.807, 2.05) is 30.3 Å². The summed E-state index contributed by atoms with van der Waals surface area (Å²) in [5.41, 5.74) is 2.27. The van der Waals surface area contributed by atoms with Crippen LogP contribution in [0, 0.1) is 0 Å². The molecule has 0 amide bonds. The second-order valence-corrected chi connectivity index (χ2v) is 5.97. The first-order valence-electron chi connectivity index (χ1n) is 7.55. The molecular weight excluding hydrogens is 282 g/mol. The summed E-state index contributed by atoms with van der Waals surface area (Å²) < 4.78 is 5.96. The molecule has 1 aliphatic rings. The van der Waals surface area contributed by atoms with Gasteiger partial charge in [-0.05, 0) is 67.6 Å². The van der Waals surface area contributed by atoms with Crippen LogP contribution in [0.4, 0.5) is 5.69 Å². The van der Waals surface area contributed by atoms with E-state index in [1.54, 1.807) is 0 Å². The Hall–Kier alpha value is -1.67. The first-order chi connectivity index (χ1) is 10.3. The van der Waals surface area contributed by atoms with Crippen molar-refractivity contribution in [1.29, 1.82) is 0 Å².